The Balaban J connectivity index is 1.49. The van der Waals surface area contributed by atoms with Crippen LogP contribution in [-0.4, -0.2) is 50.2 Å². The molecule has 1 saturated heterocycles. The molecule has 0 radical (unpaired) electrons. The predicted molar refractivity (Wildman–Crippen MR) is 176 cm³/mol. The highest BCUT2D eigenvalue weighted by atomic mass is 16.6. The van der Waals surface area contributed by atoms with Crippen LogP contribution in [0.25, 0.3) is 0 Å². The molecule has 1 fully saturated rings. The van der Waals surface area contributed by atoms with Crippen LogP contribution >= 0.6 is 0 Å². The normalized spacial score (nSPS) is 21.5. The van der Waals surface area contributed by atoms with E-state index in [4.69, 9.17) is 28.4 Å². The molecule has 7 nitrogen and oxygen atoms in total. The SMILES string of the molecule is COC(=O)C(C)(C)[C@@H]1O[C@H](COCc2ccccc2)[C@@H](OCc2ccccc2)[C@H](OCc2ccccc2)[C@H]1OCc1ccccc1. The van der Waals surface area contributed by atoms with E-state index in [9.17, 15) is 4.79 Å². The molecule has 0 saturated carbocycles. The van der Waals surface area contributed by atoms with E-state index in [0.29, 0.717) is 26.4 Å². The average Bonchev–Trinajstić information content (AvgIpc) is 3.10. The molecule has 4 aromatic carbocycles. The van der Waals surface area contributed by atoms with E-state index in [1.165, 1.54) is 7.11 Å². The van der Waals surface area contributed by atoms with Crippen molar-refractivity contribution in [2.75, 3.05) is 13.7 Å². The van der Waals surface area contributed by atoms with Gasteiger partial charge in [-0.15, -0.1) is 0 Å². The van der Waals surface area contributed by atoms with E-state index in [2.05, 4.69) is 0 Å². The number of hydrogen-bond donors (Lipinski definition) is 0. The first-order valence-electron chi connectivity index (χ1n) is 15.8. The fraction of sp³-hybridized carbons (Fsp3) is 0.359. The van der Waals surface area contributed by atoms with Crippen molar-refractivity contribution < 1.29 is 33.2 Å². The Hall–Kier alpha value is -3.85. The second-order valence-electron chi connectivity index (χ2n) is 12.1. The van der Waals surface area contributed by atoms with Crippen LogP contribution in [-0.2, 0) is 59.6 Å². The summed E-state index contributed by atoms with van der Waals surface area (Å²) in [7, 11) is 1.39. The van der Waals surface area contributed by atoms with Gasteiger partial charge in [0.2, 0.25) is 0 Å². The first-order valence-corrected chi connectivity index (χ1v) is 15.8. The maximum atomic E-state index is 13.3. The fourth-order valence-corrected chi connectivity index (χ4v) is 5.75. The summed E-state index contributed by atoms with van der Waals surface area (Å²) in [5.41, 5.74) is 3.00. The Morgan fingerprint density at radius 2 is 0.978 bits per heavy atom. The number of ether oxygens (including phenoxy) is 6. The highest BCUT2D eigenvalue weighted by molar-refractivity contribution is 5.76. The third kappa shape index (κ3) is 8.90. The van der Waals surface area contributed by atoms with Crippen LogP contribution in [0.1, 0.15) is 36.1 Å². The summed E-state index contributed by atoms with van der Waals surface area (Å²) in [6, 6.07) is 39.9. The smallest absolute Gasteiger partial charge is 0.313 e. The molecule has 4 aromatic rings. The lowest BCUT2D eigenvalue weighted by Crippen LogP contribution is -2.65. The van der Waals surface area contributed by atoms with Gasteiger partial charge in [0.25, 0.3) is 0 Å². The van der Waals surface area contributed by atoms with Gasteiger partial charge in [0.1, 0.15) is 30.5 Å². The summed E-state index contributed by atoms with van der Waals surface area (Å²) in [5, 5.41) is 0. The van der Waals surface area contributed by atoms with Crippen molar-refractivity contribution in [3.05, 3.63) is 144 Å². The molecule has 5 atom stereocenters. The summed E-state index contributed by atoms with van der Waals surface area (Å²) in [6.07, 6.45) is -3.17. The van der Waals surface area contributed by atoms with Crippen molar-refractivity contribution in [2.45, 2.75) is 70.8 Å². The molecular weight excluding hydrogens is 580 g/mol. The van der Waals surface area contributed by atoms with Crippen molar-refractivity contribution in [1.82, 2.24) is 0 Å². The third-order valence-corrected chi connectivity index (χ3v) is 8.31. The lowest BCUT2D eigenvalue weighted by molar-refractivity contribution is -0.289. The minimum atomic E-state index is -1.08. The van der Waals surface area contributed by atoms with Crippen LogP contribution in [0, 0.1) is 5.41 Å². The Labute approximate surface area is 272 Å². The van der Waals surface area contributed by atoms with Gasteiger partial charge in [-0.1, -0.05) is 121 Å². The van der Waals surface area contributed by atoms with Crippen molar-refractivity contribution in [3.8, 4) is 0 Å². The van der Waals surface area contributed by atoms with E-state index >= 15 is 0 Å². The molecule has 5 rings (SSSR count). The minimum absolute atomic E-state index is 0.221. The van der Waals surface area contributed by atoms with Gasteiger partial charge >= 0.3 is 5.97 Å². The standard InChI is InChI=1S/C39H44O7/c1-39(2,38(40)41-3)37-36(45-27-32-22-14-7-15-23-32)35(44-26-31-20-12-6-13-21-31)34(43-25-30-18-10-5-11-19-30)33(46-37)28-42-24-29-16-8-4-9-17-29/h4-23,33-37H,24-28H2,1-3H3/t33-,34-,35+,36-,37-/m1/s1. The molecule has 46 heavy (non-hydrogen) atoms. The zero-order valence-corrected chi connectivity index (χ0v) is 26.8. The predicted octanol–water partition coefficient (Wildman–Crippen LogP) is 6.93. The Kier molecular flexibility index (Phi) is 12.1. The zero-order valence-electron chi connectivity index (χ0n) is 26.8. The summed E-state index contributed by atoms with van der Waals surface area (Å²) in [6.45, 7) is 5.23. The van der Waals surface area contributed by atoms with Crippen LogP contribution in [0.4, 0.5) is 0 Å². The molecule has 0 spiro atoms. The van der Waals surface area contributed by atoms with E-state index in [1.54, 1.807) is 0 Å². The monoisotopic (exact) mass is 624 g/mol. The van der Waals surface area contributed by atoms with Gasteiger partial charge in [0.15, 0.2) is 0 Å². The van der Waals surface area contributed by atoms with Crippen LogP contribution in [0.3, 0.4) is 0 Å². The summed E-state index contributed by atoms with van der Waals surface area (Å²) < 4.78 is 38.5. The molecule has 1 aliphatic heterocycles. The van der Waals surface area contributed by atoms with Crippen LogP contribution < -0.4 is 0 Å². The quantitative estimate of drug-likeness (QED) is 0.133. The third-order valence-electron chi connectivity index (χ3n) is 8.31. The minimum Gasteiger partial charge on any atom is -0.469 e. The van der Waals surface area contributed by atoms with Crippen molar-refractivity contribution in [2.24, 2.45) is 5.41 Å². The molecule has 0 bridgehead atoms. The Morgan fingerprint density at radius 3 is 1.41 bits per heavy atom. The Bertz CT molecular complexity index is 1450. The topological polar surface area (TPSA) is 72.5 Å². The number of carbonyl (C=O) groups excluding carboxylic acids is 1. The van der Waals surface area contributed by atoms with Gasteiger partial charge < -0.3 is 28.4 Å². The van der Waals surface area contributed by atoms with Crippen LogP contribution in [0.15, 0.2) is 121 Å². The molecular formula is C39H44O7. The zero-order chi connectivity index (χ0) is 32.2. The molecule has 0 aliphatic carbocycles. The van der Waals surface area contributed by atoms with Gasteiger partial charge in [0.05, 0.1) is 45.6 Å². The first-order chi connectivity index (χ1) is 22.5. The van der Waals surface area contributed by atoms with Gasteiger partial charge in [-0.3, -0.25) is 4.79 Å². The van der Waals surface area contributed by atoms with Crippen molar-refractivity contribution in [1.29, 1.82) is 0 Å². The van der Waals surface area contributed by atoms with Crippen molar-refractivity contribution in [3.63, 3.8) is 0 Å². The summed E-state index contributed by atoms with van der Waals surface area (Å²) >= 11 is 0. The van der Waals surface area contributed by atoms with Gasteiger partial charge in [-0.25, -0.2) is 0 Å². The average molecular weight is 625 g/mol. The number of carbonyl (C=O) groups is 1. The summed E-state index contributed by atoms with van der Waals surface area (Å²) in [4.78, 5) is 13.3. The second kappa shape index (κ2) is 16.6. The number of esters is 1. The van der Waals surface area contributed by atoms with E-state index < -0.39 is 41.9 Å². The number of hydrogen-bond acceptors (Lipinski definition) is 7. The van der Waals surface area contributed by atoms with Gasteiger partial charge in [0, 0.05) is 0 Å². The number of benzene rings is 4. The lowest BCUT2D eigenvalue weighted by atomic mass is 9.78. The molecule has 0 N–H and O–H groups in total. The molecule has 242 valence electrons. The molecule has 0 aromatic heterocycles. The maximum absolute atomic E-state index is 13.3. The maximum Gasteiger partial charge on any atom is 0.313 e. The van der Waals surface area contributed by atoms with Crippen LogP contribution in [0.5, 0.6) is 0 Å². The number of methoxy groups -OCH3 is 1. The summed E-state index contributed by atoms with van der Waals surface area (Å²) in [5.74, 6) is -0.403. The Morgan fingerprint density at radius 1 is 0.587 bits per heavy atom. The highest BCUT2D eigenvalue weighted by Crippen LogP contribution is 2.39. The lowest BCUT2D eigenvalue weighted by Gasteiger charge is -2.50. The molecule has 7 heteroatoms. The number of rotatable bonds is 15. The van der Waals surface area contributed by atoms with E-state index in [1.807, 2.05) is 135 Å². The van der Waals surface area contributed by atoms with Gasteiger partial charge in [-0.2, -0.15) is 0 Å². The molecule has 0 unspecified atom stereocenters. The largest absolute Gasteiger partial charge is 0.469 e. The van der Waals surface area contributed by atoms with E-state index in [0.717, 1.165) is 22.3 Å². The highest BCUT2D eigenvalue weighted by Gasteiger charge is 2.55. The van der Waals surface area contributed by atoms with E-state index in [-0.39, 0.29) is 6.61 Å². The van der Waals surface area contributed by atoms with Gasteiger partial charge in [-0.05, 0) is 36.1 Å². The fourth-order valence-electron chi connectivity index (χ4n) is 5.75. The van der Waals surface area contributed by atoms with Crippen molar-refractivity contribution >= 4 is 5.97 Å². The molecule has 1 heterocycles. The molecule has 0 amide bonds. The van der Waals surface area contributed by atoms with Crippen LogP contribution in [0.2, 0.25) is 0 Å². The second-order valence-corrected chi connectivity index (χ2v) is 12.1. The first kappa shape index (κ1) is 33.5. The molecule has 1 aliphatic rings.